The van der Waals surface area contributed by atoms with Gasteiger partial charge in [0, 0.05) is 12.6 Å². The highest BCUT2D eigenvalue weighted by atomic mass is 16.3. The highest BCUT2D eigenvalue weighted by Gasteiger charge is 2.21. The average Bonchev–Trinajstić information content (AvgIpc) is 1.85. The lowest BCUT2D eigenvalue weighted by molar-refractivity contribution is 0.169. The lowest BCUT2D eigenvalue weighted by atomic mass is 9.98. The van der Waals surface area contributed by atoms with E-state index < -0.39 is 0 Å². The summed E-state index contributed by atoms with van der Waals surface area (Å²) >= 11 is 0. The summed E-state index contributed by atoms with van der Waals surface area (Å²) in [5.74, 6) is 0.501. The third-order valence-corrected chi connectivity index (χ3v) is 1.79. The molecule has 1 rings (SSSR count). The predicted octanol–water partition coefficient (Wildman–Crippen LogP) is 0.337. The SMILES string of the molecule is C[C@H]1C[C@H](N)CN(N=O)C1. The van der Waals surface area contributed by atoms with Crippen LogP contribution in [0.1, 0.15) is 13.3 Å². The van der Waals surface area contributed by atoms with Gasteiger partial charge in [0.25, 0.3) is 0 Å². The molecule has 0 aromatic heterocycles. The van der Waals surface area contributed by atoms with Crippen molar-refractivity contribution >= 4 is 0 Å². The van der Waals surface area contributed by atoms with Crippen LogP contribution in [0.15, 0.2) is 5.29 Å². The zero-order valence-electron chi connectivity index (χ0n) is 6.16. The van der Waals surface area contributed by atoms with Gasteiger partial charge in [-0.2, -0.15) is 0 Å². The third kappa shape index (κ3) is 1.67. The first-order valence-electron chi connectivity index (χ1n) is 3.56. The fourth-order valence-electron chi connectivity index (χ4n) is 1.44. The first kappa shape index (κ1) is 7.47. The minimum atomic E-state index is 0.126. The molecule has 0 amide bonds. The summed E-state index contributed by atoms with van der Waals surface area (Å²) < 4.78 is 0. The Hall–Kier alpha value is -0.640. The molecule has 2 atom stereocenters. The van der Waals surface area contributed by atoms with Crippen LogP contribution in [0.3, 0.4) is 0 Å². The summed E-state index contributed by atoms with van der Waals surface area (Å²) in [6.45, 7) is 3.46. The van der Waals surface area contributed by atoms with E-state index in [-0.39, 0.29) is 6.04 Å². The molecule has 0 bridgehead atoms. The number of piperidine rings is 1. The van der Waals surface area contributed by atoms with Gasteiger partial charge < -0.3 is 5.73 Å². The fraction of sp³-hybridized carbons (Fsp3) is 1.00. The van der Waals surface area contributed by atoms with E-state index >= 15 is 0 Å². The highest BCUT2D eigenvalue weighted by Crippen LogP contribution is 2.14. The lowest BCUT2D eigenvalue weighted by Crippen LogP contribution is -2.43. The molecule has 0 aliphatic carbocycles. The Bertz CT molecular complexity index is 118. The zero-order chi connectivity index (χ0) is 7.56. The van der Waals surface area contributed by atoms with Gasteiger partial charge in [-0.1, -0.05) is 6.92 Å². The lowest BCUT2D eigenvalue weighted by Gasteiger charge is -2.30. The highest BCUT2D eigenvalue weighted by molar-refractivity contribution is 4.76. The smallest absolute Gasteiger partial charge is 0.0544 e. The largest absolute Gasteiger partial charge is 0.326 e. The predicted molar refractivity (Wildman–Crippen MR) is 39.1 cm³/mol. The van der Waals surface area contributed by atoms with Crippen molar-refractivity contribution in [3.05, 3.63) is 4.91 Å². The second-order valence-electron chi connectivity index (χ2n) is 3.05. The van der Waals surface area contributed by atoms with Gasteiger partial charge in [0.15, 0.2) is 0 Å². The molecule has 1 aliphatic rings. The molecule has 1 heterocycles. The maximum absolute atomic E-state index is 10.1. The summed E-state index contributed by atoms with van der Waals surface area (Å²) in [5, 5.41) is 4.35. The molecule has 1 fully saturated rings. The van der Waals surface area contributed by atoms with Crippen molar-refractivity contribution in [1.29, 1.82) is 0 Å². The van der Waals surface area contributed by atoms with Gasteiger partial charge in [-0.15, -0.1) is 4.91 Å². The van der Waals surface area contributed by atoms with Gasteiger partial charge in [-0.05, 0) is 12.3 Å². The van der Waals surface area contributed by atoms with Crippen LogP contribution in [0, 0.1) is 10.8 Å². The molecule has 0 aromatic carbocycles. The topological polar surface area (TPSA) is 58.7 Å². The van der Waals surface area contributed by atoms with Crippen LogP contribution in [0.25, 0.3) is 0 Å². The Labute approximate surface area is 60.3 Å². The van der Waals surface area contributed by atoms with Crippen molar-refractivity contribution in [3.63, 3.8) is 0 Å². The maximum atomic E-state index is 10.1. The quantitative estimate of drug-likeness (QED) is 0.538. The van der Waals surface area contributed by atoms with E-state index in [9.17, 15) is 4.91 Å². The summed E-state index contributed by atoms with van der Waals surface area (Å²) in [6.07, 6.45) is 1.01. The van der Waals surface area contributed by atoms with Gasteiger partial charge in [-0.25, -0.2) is 0 Å². The van der Waals surface area contributed by atoms with Crippen molar-refractivity contribution in [3.8, 4) is 0 Å². The third-order valence-electron chi connectivity index (χ3n) is 1.79. The molecular weight excluding hydrogens is 130 g/mol. The Morgan fingerprint density at radius 2 is 2.30 bits per heavy atom. The molecule has 0 aromatic rings. The first-order chi connectivity index (χ1) is 4.72. The van der Waals surface area contributed by atoms with Crippen molar-refractivity contribution in [2.45, 2.75) is 19.4 Å². The Morgan fingerprint density at radius 1 is 1.60 bits per heavy atom. The van der Waals surface area contributed by atoms with Crippen LogP contribution in [-0.4, -0.2) is 24.1 Å². The van der Waals surface area contributed by atoms with Crippen molar-refractivity contribution in [1.82, 2.24) is 5.01 Å². The number of hydrogen-bond donors (Lipinski definition) is 1. The van der Waals surface area contributed by atoms with Gasteiger partial charge in [0.05, 0.1) is 11.8 Å². The van der Waals surface area contributed by atoms with E-state index in [1.165, 1.54) is 5.01 Å². The average molecular weight is 143 g/mol. The Balaban J connectivity index is 2.42. The number of nitrogens with two attached hydrogens (primary N) is 1. The zero-order valence-corrected chi connectivity index (χ0v) is 6.16. The second-order valence-corrected chi connectivity index (χ2v) is 3.05. The molecule has 2 N–H and O–H groups in total. The molecule has 0 spiro atoms. The number of nitrogens with zero attached hydrogens (tertiary/aromatic N) is 2. The van der Waals surface area contributed by atoms with Crippen molar-refractivity contribution in [2.75, 3.05) is 13.1 Å². The van der Waals surface area contributed by atoms with Gasteiger partial charge in [0.2, 0.25) is 0 Å². The standard InChI is InChI=1S/C6H13N3O/c1-5-2-6(7)4-9(3-5)8-10/h5-6H,2-4,7H2,1H3/t5-,6-/m0/s1. The summed E-state index contributed by atoms with van der Waals surface area (Å²) in [5.41, 5.74) is 5.65. The van der Waals surface area contributed by atoms with Gasteiger partial charge in [0.1, 0.15) is 0 Å². The van der Waals surface area contributed by atoms with Crippen LogP contribution in [0.2, 0.25) is 0 Å². The Kier molecular flexibility index (Phi) is 2.21. The van der Waals surface area contributed by atoms with Crippen LogP contribution in [-0.2, 0) is 0 Å². The summed E-state index contributed by atoms with van der Waals surface area (Å²) in [4.78, 5) is 10.1. The minimum Gasteiger partial charge on any atom is -0.326 e. The molecule has 0 radical (unpaired) electrons. The fourth-order valence-corrected chi connectivity index (χ4v) is 1.44. The van der Waals surface area contributed by atoms with E-state index in [2.05, 4.69) is 12.2 Å². The normalized spacial score (nSPS) is 34.0. The second kappa shape index (κ2) is 2.96. The van der Waals surface area contributed by atoms with Crippen molar-refractivity contribution < 1.29 is 0 Å². The maximum Gasteiger partial charge on any atom is 0.0544 e. The molecule has 10 heavy (non-hydrogen) atoms. The number of hydrogen-bond acceptors (Lipinski definition) is 3. The summed E-state index contributed by atoms with van der Waals surface area (Å²) in [6, 6.07) is 0.126. The van der Waals surface area contributed by atoms with Crippen LogP contribution < -0.4 is 5.73 Å². The van der Waals surface area contributed by atoms with Crippen LogP contribution >= 0.6 is 0 Å². The van der Waals surface area contributed by atoms with E-state index in [1.807, 2.05) is 0 Å². The molecule has 4 nitrogen and oxygen atoms in total. The van der Waals surface area contributed by atoms with Gasteiger partial charge in [-0.3, -0.25) is 5.01 Å². The molecule has 0 unspecified atom stereocenters. The van der Waals surface area contributed by atoms with E-state index in [4.69, 9.17) is 5.73 Å². The molecule has 58 valence electrons. The van der Waals surface area contributed by atoms with E-state index in [0.717, 1.165) is 13.0 Å². The first-order valence-corrected chi connectivity index (χ1v) is 3.56. The number of nitroso groups, excluding NO2 is 1. The van der Waals surface area contributed by atoms with E-state index in [0.29, 0.717) is 12.5 Å². The minimum absolute atomic E-state index is 0.126. The van der Waals surface area contributed by atoms with Crippen LogP contribution in [0.4, 0.5) is 0 Å². The molecule has 4 heteroatoms. The Morgan fingerprint density at radius 3 is 2.80 bits per heavy atom. The summed E-state index contributed by atoms with van der Waals surface area (Å²) in [7, 11) is 0. The molecule has 1 saturated heterocycles. The molecular formula is C6H13N3O. The van der Waals surface area contributed by atoms with Gasteiger partial charge >= 0.3 is 0 Å². The number of rotatable bonds is 1. The monoisotopic (exact) mass is 143 g/mol. The van der Waals surface area contributed by atoms with Crippen LogP contribution in [0.5, 0.6) is 0 Å². The molecule has 1 aliphatic heterocycles. The van der Waals surface area contributed by atoms with E-state index in [1.54, 1.807) is 0 Å². The van der Waals surface area contributed by atoms with Crippen molar-refractivity contribution in [2.24, 2.45) is 16.9 Å². The molecule has 0 saturated carbocycles.